The van der Waals surface area contributed by atoms with Gasteiger partial charge in [0.05, 0.1) is 11.5 Å². The standard InChI is InChI=1S/C10H18O2S2/c1-3-9-7-5-14(11,12)6-8(7)10(4-2)13-9/h7-10H,3-6H2,1-2H3. The fourth-order valence-corrected chi connectivity index (χ4v) is 7.24. The number of thioether (sulfide) groups is 1. The third kappa shape index (κ3) is 1.71. The summed E-state index contributed by atoms with van der Waals surface area (Å²) in [6, 6.07) is 0. The minimum atomic E-state index is -2.70. The maximum Gasteiger partial charge on any atom is 0.150 e. The molecule has 0 aliphatic carbocycles. The van der Waals surface area contributed by atoms with Crippen molar-refractivity contribution in [2.75, 3.05) is 11.5 Å². The van der Waals surface area contributed by atoms with Gasteiger partial charge in [0.25, 0.3) is 0 Å². The summed E-state index contributed by atoms with van der Waals surface area (Å²) in [4.78, 5) is 0. The molecule has 82 valence electrons. The van der Waals surface area contributed by atoms with Gasteiger partial charge >= 0.3 is 0 Å². The fraction of sp³-hybridized carbons (Fsp3) is 1.00. The van der Waals surface area contributed by atoms with Crippen molar-refractivity contribution in [3.05, 3.63) is 0 Å². The van der Waals surface area contributed by atoms with Crippen LogP contribution in [0.3, 0.4) is 0 Å². The molecule has 0 radical (unpaired) electrons. The second-order valence-electron chi connectivity index (χ2n) is 4.43. The van der Waals surface area contributed by atoms with E-state index >= 15 is 0 Å². The van der Waals surface area contributed by atoms with E-state index in [4.69, 9.17) is 0 Å². The van der Waals surface area contributed by atoms with E-state index < -0.39 is 9.84 Å². The normalized spacial score (nSPS) is 45.3. The molecular weight excluding hydrogens is 216 g/mol. The molecule has 0 saturated carbocycles. The second kappa shape index (κ2) is 3.71. The molecule has 4 unspecified atom stereocenters. The molecule has 0 N–H and O–H groups in total. The largest absolute Gasteiger partial charge is 0.229 e. The first kappa shape index (κ1) is 10.8. The lowest BCUT2D eigenvalue weighted by molar-refractivity contribution is 0.416. The summed E-state index contributed by atoms with van der Waals surface area (Å²) < 4.78 is 23.1. The lowest BCUT2D eigenvalue weighted by atomic mass is 9.89. The second-order valence-corrected chi connectivity index (χ2v) is 8.07. The lowest BCUT2D eigenvalue weighted by Crippen LogP contribution is -2.19. The molecule has 2 rings (SSSR count). The van der Waals surface area contributed by atoms with Gasteiger partial charge < -0.3 is 0 Å². The summed E-state index contributed by atoms with van der Waals surface area (Å²) in [6.07, 6.45) is 2.25. The van der Waals surface area contributed by atoms with Crippen molar-refractivity contribution in [1.29, 1.82) is 0 Å². The van der Waals surface area contributed by atoms with E-state index in [9.17, 15) is 8.42 Å². The van der Waals surface area contributed by atoms with Crippen LogP contribution < -0.4 is 0 Å². The Balaban J connectivity index is 2.20. The van der Waals surface area contributed by atoms with Gasteiger partial charge in [-0.1, -0.05) is 13.8 Å². The van der Waals surface area contributed by atoms with Crippen LogP contribution in [0, 0.1) is 11.8 Å². The Hall–Kier alpha value is 0.300. The molecule has 2 nitrogen and oxygen atoms in total. The Kier molecular flexibility index (Phi) is 2.86. The lowest BCUT2D eigenvalue weighted by Gasteiger charge is -2.13. The fourth-order valence-electron chi connectivity index (χ4n) is 2.89. The molecule has 4 atom stereocenters. The zero-order valence-corrected chi connectivity index (χ0v) is 10.4. The molecule has 14 heavy (non-hydrogen) atoms. The molecule has 0 bridgehead atoms. The van der Waals surface area contributed by atoms with Crippen LogP contribution in [0.15, 0.2) is 0 Å². The first-order chi connectivity index (χ1) is 6.57. The van der Waals surface area contributed by atoms with Crippen molar-refractivity contribution in [3.8, 4) is 0 Å². The van der Waals surface area contributed by atoms with Crippen LogP contribution in [0.5, 0.6) is 0 Å². The molecule has 0 aromatic carbocycles. The minimum Gasteiger partial charge on any atom is -0.229 e. The van der Waals surface area contributed by atoms with Gasteiger partial charge in [-0.05, 0) is 24.7 Å². The van der Waals surface area contributed by atoms with E-state index in [0.29, 0.717) is 33.8 Å². The van der Waals surface area contributed by atoms with Crippen LogP contribution in [0.1, 0.15) is 26.7 Å². The number of rotatable bonds is 2. The number of sulfone groups is 1. The quantitative estimate of drug-likeness (QED) is 0.732. The van der Waals surface area contributed by atoms with E-state index in [1.165, 1.54) is 0 Å². The number of hydrogen-bond acceptors (Lipinski definition) is 3. The Morgan fingerprint density at radius 3 is 1.86 bits per heavy atom. The zero-order valence-electron chi connectivity index (χ0n) is 8.77. The van der Waals surface area contributed by atoms with Crippen LogP contribution in [-0.4, -0.2) is 30.4 Å². The first-order valence-electron chi connectivity index (χ1n) is 5.43. The topological polar surface area (TPSA) is 34.1 Å². The third-order valence-corrected chi connectivity index (χ3v) is 7.40. The summed E-state index contributed by atoms with van der Waals surface area (Å²) in [5, 5.41) is 1.20. The summed E-state index contributed by atoms with van der Waals surface area (Å²) >= 11 is 2.04. The van der Waals surface area contributed by atoms with Gasteiger partial charge in [-0.3, -0.25) is 0 Å². The van der Waals surface area contributed by atoms with Crippen LogP contribution in [0.2, 0.25) is 0 Å². The van der Waals surface area contributed by atoms with Crippen molar-refractivity contribution >= 4 is 21.6 Å². The Morgan fingerprint density at radius 2 is 1.50 bits per heavy atom. The van der Waals surface area contributed by atoms with E-state index in [1.807, 2.05) is 11.8 Å². The van der Waals surface area contributed by atoms with Crippen LogP contribution in [0.25, 0.3) is 0 Å². The molecule has 2 heterocycles. The molecule has 2 aliphatic heterocycles. The van der Waals surface area contributed by atoms with Gasteiger partial charge in [0, 0.05) is 10.5 Å². The Labute approximate surface area is 90.8 Å². The van der Waals surface area contributed by atoms with E-state index in [1.54, 1.807) is 0 Å². The number of hydrogen-bond donors (Lipinski definition) is 0. The SMILES string of the molecule is CCC1SC(CC)C2CS(=O)(=O)CC12. The minimum absolute atomic E-state index is 0.458. The highest BCUT2D eigenvalue weighted by molar-refractivity contribution is 8.01. The number of fused-ring (bicyclic) bond motifs is 1. The third-order valence-electron chi connectivity index (χ3n) is 3.55. The zero-order chi connectivity index (χ0) is 10.3. The highest BCUT2D eigenvalue weighted by atomic mass is 32.2. The van der Waals surface area contributed by atoms with Crippen LogP contribution >= 0.6 is 11.8 Å². The average Bonchev–Trinajstić information content (AvgIpc) is 2.57. The molecule has 0 amide bonds. The molecule has 2 aliphatic rings. The van der Waals surface area contributed by atoms with Gasteiger partial charge in [-0.2, -0.15) is 11.8 Å². The van der Waals surface area contributed by atoms with Gasteiger partial charge in [-0.15, -0.1) is 0 Å². The molecule has 2 saturated heterocycles. The van der Waals surface area contributed by atoms with E-state index in [0.717, 1.165) is 12.8 Å². The van der Waals surface area contributed by atoms with E-state index in [-0.39, 0.29) is 0 Å². The van der Waals surface area contributed by atoms with Crippen molar-refractivity contribution in [1.82, 2.24) is 0 Å². The summed E-state index contributed by atoms with van der Waals surface area (Å²) in [5.41, 5.74) is 0. The predicted octanol–water partition coefficient (Wildman–Crippen LogP) is 1.95. The molecule has 4 heteroatoms. The van der Waals surface area contributed by atoms with Crippen molar-refractivity contribution < 1.29 is 8.42 Å². The molecule has 0 aromatic rings. The van der Waals surface area contributed by atoms with Gasteiger partial charge in [-0.25, -0.2) is 8.42 Å². The first-order valence-corrected chi connectivity index (χ1v) is 8.19. The van der Waals surface area contributed by atoms with Crippen molar-refractivity contribution in [2.24, 2.45) is 11.8 Å². The monoisotopic (exact) mass is 234 g/mol. The van der Waals surface area contributed by atoms with Crippen LogP contribution in [0.4, 0.5) is 0 Å². The Bertz CT molecular complexity index is 286. The predicted molar refractivity (Wildman–Crippen MR) is 61.4 cm³/mol. The summed E-state index contributed by atoms with van der Waals surface area (Å²) in [6.45, 7) is 4.36. The Morgan fingerprint density at radius 1 is 1.07 bits per heavy atom. The highest BCUT2D eigenvalue weighted by Gasteiger charge is 2.50. The van der Waals surface area contributed by atoms with Gasteiger partial charge in [0.15, 0.2) is 9.84 Å². The maximum atomic E-state index is 11.6. The molecular formula is C10H18O2S2. The summed E-state index contributed by atoms with van der Waals surface area (Å²) in [5.74, 6) is 1.83. The average molecular weight is 234 g/mol. The van der Waals surface area contributed by atoms with Crippen LogP contribution in [-0.2, 0) is 9.84 Å². The highest BCUT2D eigenvalue weighted by Crippen LogP contribution is 2.50. The maximum absolute atomic E-state index is 11.6. The van der Waals surface area contributed by atoms with Crippen molar-refractivity contribution in [2.45, 2.75) is 37.2 Å². The van der Waals surface area contributed by atoms with Gasteiger partial charge in [0.2, 0.25) is 0 Å². The van der Waals surface area contributed by atoms with Gasteiger partial charge in [0.1, 0.15) is 0 Å². The smallest absolute Gasteiger partial charge is 0.150 e. The summed E-state index contributed by atoms with van der Waals surface area (Å²) in [7, 11) is -2.70. The van der Waals surface area contributed by atoms with E-state index in [2.05, 4.69) is 13.8 Å². The molecule has 2 fully saturated rings. The molecule has 0 aromatic heterocycles. The molecule has 0 spiro atoms. The van der Waals surface area contributed by atoms with Crippen molar-refractivity contribution in [3.63, 3.8) is 0 Å².